The topological polar surface area (TPSA) is 80.7 Å². The molecule has 0 bridgehead atoms. The Labute approximate surface area is 100.0 Å². The lowest BCUT2D eigenvalue weighted by molar-refractivity contribution is -0.142. The summed E-state index contributed by atoms with van der Waals surface area (Å²) >= 11 is 0. The van der Waals surface area contributed by atoms with Gasteiger partial charge in [0.25, 0.3) is 0 Å². The van der Waals surface area contributed by atoms with Crippen LogP contribution >= 0.6 is 0 Å². The molecule has 1 rings (SSSR count). The first-order valence-electron chi connectivity index (χ1n) is 4.90. The summed E-state index contributed by atoms with van der Waals surface area (Å²) in [6, 6.07) is 6.03. The van der Waals surface area contributed by atoms with Crippen molar-refractivity contribution in [2.45, 2.75) is 17.4 Å². The summed E-state index contributed by atoms with van der Waals surface area (Å²) < 4.78 is 27.4. The molecule has 6 heteroatoms. The summed E-state index contributed by atoms with van der Waals surface area (Å²) in [5.74, 6) is -0.596. The number of sulfone groups is 1. The smallest absolute Gasteiger partial charge is 0.308 e. The molecular weight excluding hydrogens is 244 g/mol. The Morgan fingerprint density at radius 1 is 1.41 bits per heavy atom. The molecule has 0 aliphatic rings. The summed E-state index contributed by atoms with van der Waals surface area (Å²) in [4.78, 5) is 11.0. The molecule has 0 saturated carbocycles. The van der Waals surface area contributed by atoms with Crippen LogP contribution in [-0.2, 0) is 19.4 Å². The zero-order valence-electron chi connectivity index (χ0n) is 9.58. The number of aliphatic hydroxyl groups excluding tert-OH is 1. The molecule has 0 aromatic heterocycles. The average Bonchev–Trinajstić information content (AvgIpc) is 2.27. The molecule has 1 aromatic rings. The van der Waals surface area contributed by atoms with Crippen molar-refractivity contribution in [3.63, 3.8) is 0 Å². The molecule has 0 fully saturated rings. The molecule has 94 valence electrons. The molecule has 0 aliphatic heterocycles. The highest BCUT2D eigenvalue weighted by atomic mass is 32.2. The molecule has 0 radical (unpaired) electrons. The molecule has 1 atom stereocenters. The summed E-state index contributed by atoms with van der Waals surface area (Å²) in [6.45, 7) is 0. The Hall–Kier alpha value is -1.40. The Morgan fingerprint density at radius 3 is 2.53 bits per heavy atom. The third-order valence-corrected chi connectivity index (χ3v) is 3.44. The van der Waals surface area contributed by atoms with E-state index in [0.29, 0.717) is 0 Å². The zero-order chi connectivity index (χ0) is 13.1. The molecular formula is C11H14O5S. The number of aliphatic hydroxyl groups is 1. The summed E-state index contributed by atoms with van der Waals surface area (Å²) in [7, 11) is -2.23. The number of carbonyl (C=O) groups is 1. The van der Waals surface area contributed by atoms with Crippen LogP contribution in [0.1, 0.15) is 18.1 Å². The Bertz CT molecular complexity index is 506. The van der Waals surface area contributed by atoms with Gasteiger partial charge in [-0.3, -0.25) is 4.79 Å². The van der Waals surface area contributed by atoms with Gasteiger partial charge < -0.3 is 9.84 Å². The maximum atomic E-state index is 11.5. The van der Waals surface area contributed by atoms with Crippen LogP contribution in [0.4, 0.5) is 0 Å². The van der Waals surface area contributed by atoms with Crippen LogP contribution in [0.5, 0.6) is 0 Å². The molecule has 0 heterocycles. The van der Waals surface area contributed by atoms with Crippen LogP contribution in [0, 0.1) is 0 Å². The van der Waals surface area contributed by atoms with Crippen LogP contribution in [0.15, 0.2) is 29.2 Å². The molecule has 17 heavy (non-hydrogen) atoms. The summed E-state index contributed by atoms with van der Waals surface area (Å²) in [5, 5.41) is 9.80. The summed E-state index contributed by atoms with van der Waals surface area (Å²) in [5.41, 5.74) is 0.209. The molecule has 1 aromatic carbocycles. The second kappa shape index (κ2) is 5.29. The van der Waals surface area contributed by atoms with Crippen molar-refractivity contribution in [2.24, 2.45) is 0 Å². The van der Waals surface area contributed by atoms with Crippen molar-refractivity contribution in [2.75, 3.05) is 13.4 Å². The molecule has 0 spiro atoms. The van der Waals surface area contributed by atoms with Crippen LogP contribution in [0.2, 0.25) is 0 Å². The number of rotatable bonds is 4. The second-order valence-electron chi connectivity index (χ2n) is 3.61. The normalized spacial score (nSPS) is 13.1. The molecule has 5 nitrogen and oxygen atoms in total. The van der Waals surface area contributed by atoms with Crippen molar-refractivity contribution in [1.29, 1.82) is 0 Å². The average molecular weight is 258 g/mol. The van der Waals surface area contributed by atoms with E-state index in [0.717, 1.165) is 6.26 Å². The number of carbonyl (C=O) groups excluding carboxylic acids is 1. The monoisotopic (exact) mass is 258 g/mol. The number of hydrogen-bond acceptors (Lipinski definition) is 5. The van der Waals surface area contributed by atoms with Crippen LogP contribution in [-0.4, -0.2) is 32.9 Å². The van der Waals surface area contributed by atoms with E-state index >= 15 is 0 Å². The maximum absolute atomic E-state index is 11.5. The minimum atomic E-state index is -3.43. The molecule has 0 aliphatic carbocycles. The molecule has 1 unspecified atom stereocenters. The van der Waals surface area contributed by atoms with Crippen LogP contribution in [0.25, 0.3) is 0 Å². The van der Waals surface area contributed by atoms with Gasteiger partial charge in [0, 0.05) is 6.26 Å². The van der Waals surface area contributed by atoms with E-state index in [2.05, 4.69) is 4.74 Å². The van der Waals surface area contributed by atoms with Gasteiger partial charge in [0.1, 0.15) is 0 Å². The Kier molecular flexibility index (Phi) is 4.25. The van der Waals surface area contributed by atoms with Crippen LogP contribution in [0.3, 0.4) is 0 Å². The van der Waals surface area contributed by atoms with E-state index in [4.69, 9.17) is 0 Å². The molecule has 0 amide bonds. The quantitative estimate of drug-likeness (QED) is 0.803. The van der Waals surface area contributed by atoms with Gasteiger partial charge in [0.05, 0.1) is 24.5 Å². The number of methoxy groups -OCH3 is 1. The highest BCUT2D eigenvalue weighted by Gasteiger charge is 2.20. The fourth-order valence-electron chi connectivity index (χ4n) is 1.44. The largest absolute Gasteiger partial charge is 0.469 e. The fourth-order valence-corrected chi connectivity index (χ4v) is 2.40. The number of esters is 1. The number of ether oxygens (including phenoxy) is 1. The highest BCUT2D eigenvalue weighted by molar-refractivity contribution is 7.90. The lowest BCUT2D eigenvalue weighted by Gasteiger charge is -2.13. The second-order valence-corrected chi connectivity index (χ2v) is 5.59. The van der Waals surface area contributed by atoms with Crippen LogP contribution < -0.4 is 0 Å². The summed E-state index contributed by atoms with van der Waals surface area (Å²) in [6.07, 6.45) is -0.409. The van der Waals surface area contributed by atoms with Gasteiger partial charge in [-0.25, -0.2) is 8.42 Å². The van der Waals surface area contributed by atoms with Gasteiger partial charge in [0.15, 0.2) is 9.84 Å². The lowest BCUT2D eigenvalue weighted by Crippen LogP contribution is -2.11. The van der Waals surface area contributed by atoms with Crippen molar-refractivity contribution in [3.8, 4) is 0 Å². The lowest BCUT2D eigenvalue weighted by atomic mass is 10.1. The van der Waals surface area contributed by atoms with Gasteiger partial charge in [0.2, 0.25) is 0 Å². The van der Waals surface area contributed by atoms with Gasteiger partial charge in [-0.1, -0.05) is 18.2 Å². The first-order valence-corrected chi connectivity index (χ1v) is 6.79. The van der Waals surface area contributed by atoms with E-state index in [9.17, 15) is 18.3 Å². The van der Waals surface area contributed by atoms with Gasteiger partial charge in [-0.05, 0) is 11.6 Å². The molecule has 1 N–H and O–H groups in total. The van der Waals surface area contributed by atoms with Crippen molar-refractivity contribution < 1.29 is 23.1 Å². The van der Waals surface area contributed by atoms with Gasteiger partial charge >= 0.3 is 5.97 Å². The number of benzene rings is 1. The van der Waals surface area contributed by atoms with E-state index in [1.165, 1.54) is 19.2 Å². The maximum Gasteiger partial charge on any atom is 0.308 e. The first kappa shape index (κ1) is 13.7. The van der Waals surface area contributed by atoms with E-state index in [1.807, 2.05) is 0 Å². The third kappa shape index (κ3) is 3.54. The standard InChI is InChI=1S/C11H14O5S/c1-16-11(13)7-9(12)8-5-3-4-6-10(8)17(2,14)15/h3-6,9,12H,7H2,1-2H3. The minimum Gasteiger partial charge on any atom is -0.469 e. The predicted molar refractivity (Wildman–Crippen MR) is 61.1 cm³/mol. The van der Waals surface area contributed by atoms with E-state index in [-0.39, 0.29) is 16.9 Å². The third-order valence-electron chi connectivity index (χ3n) is 2.27. The minimum absolute atomic E-state index is 0.0244. The Balaban J connectivity index is 3.10. The van der Waals surface area contributed by atoms with Crippen molar-refractivity contribution >= 4 is 15.8 Å². The first-order chi connectivity index (χ1) is 7.86. The fraction of sp³-hybridized carbons (Fsp3) is 0.364. The Morgan fingerprint density at radius 2 is 2.00 bits per heavy atom. The van der Waals surface area contributed by atoms with E-state index < -0.39 is 21.9 Å². The van der Waals surface area contributed by atoms with Crippen molar-refractivity contribution in [3.05, 3.63) is 29.8 Å². The van der Waals surface area contributed by atoms with Gasteiger partial charge in [-0.15, -0.1) is 0 Å². The predicted octanol–water partition coefficient (Wildman–Crippen LogP) is 0.687. The van der Waals surface area contributed by atoms with E-state index in [1.54, 1.807) is 12.1 Å². The number of hydrogen-bond donors (Lipinski definition) is 1. The highest BCUT2D eigenvalue weighted by Crippen LogP contribution is 2.24. The SMILES string of the molecule is COC(=O)CC(O)c1ccccc1S(C)(=O)=O. The van der Waals surface area contributed by atoms with Gasteiger partial charge in [-0.2, -0.15) is 0 Å². The van der Waals surface area contributed by atoms with Crippen molar-refractivity contribution in [1.82, 2.24) is 0 Å². The zero-order valence-corrected chi connectivity index (χ0v) is 10.4. The molecule has 0 saturated heterocycles.